The van der Waals surface area contributed by atoms with Crippen LogP contribution in [0, 0.1) is 6.92 Å². The van der Waals surface area contributed by atoms with E-state index in [-0.39, 0.29) is 5.91 Å². The molecule has 0 unspecified atom stereocenters. The summed E-state index contributed by atoms with van der Waals surface area (Å²) in [4.78, 5) is 20.9. The van der Waals surface area contributed by atoms with Crippen LogP contribution in [0.1, 0.15) is 23.5 Å². The van der Waals surface area contributed by atoms with Gasteiger partial charge in [0.2, 0.25) is 5.91 Å². The number of para-hydroxylation sites is 2. The van der Waals surface area contributed by atoms with E-state index in [4.69, 9.17) is 4.74 Å². The molecule has 0 aliphatic heterocycles. The quantitative estimate of drug-likeness (QED) is 0.315. The van der Waals surface area contributed by atoms with E-state index >= 15 is 0 Å². The first kappa shape index (κ1) is 21.3. The van der Waals surface area contributed by atoms with Crippen molar-refractivity contribution in [1.82, 2.24) is 19.9 Å². The van der Waals surface area contributed by atoms with Crippen molar-refractivity contribution in [2.45, 2.75) is 26.5 Å². The van der Waals surface area contributed by atoms with Crippen molar-refractivity contribution in [3.63, 3.8) is 0 Å². The molecule has 0 aliphatic carbocycles. The van der Waals surface area contributed by atoms with E-state index in [1.165, 1.54) is 0 Å². The van der Waals surface area contributed by atoms with Gasteiger partial charge in [0, 0.05) is 25.4 Å². The number of aromatic nitrogens is 3. The Kier molecular flexibility index (Phi) is 6.92. The zero-order valence-electron chi connectivity index (χ0n) is 18.1. The number of benzene rings is 2. The van der Waals surface area contributed by atoms with Gasteiger partial charge in [-0.2, -0.15) is 0 Å². The lowest BCUT2D eigenvalue weighted by Crippen LogP contribution is -2.23. The number of fused-ring (bicyclic) bond motifs is 1. The van der Waals surface area contributed by atoms with Crippen LogP contribution in [0.4, 0.5) is 0 Å². The number of carbonyl (C=O) groups excluding carboxylic acids is 1. The van der Waals surface area contributed by atoms with Gasteiger partial charge in [0.1, 0.15) is 18.2 Å². The second-order valence-electron chi connectivity index (χ2n) is 7.46. The van der Waals surface area contributed by atoms with Gasteiger partial charge in [0.05, 0.1) is 16.7 Å². The molecule has 2 aromatic carbocycles. The zero-order chi connectivity index (χ0) is 22.2. The molecule has 162 valence electrons. The van der Waals surface area contributed by atoms with Gasteiger partial charge >= 0.3 is 0 Å². The van der Waals surface area contributed by atoms with Crippen molar-refractivity contribution >= 4 is 23.0 Å². The van der Waals surface area contributed by atoms with Gasteiger partial charge in [-0.25, -0.2) is 4.98 Å². The summed E-state index contributed by atoms with van der Waals surface area (Å²) in [6.07, 6.45) is 5.94. The standard InChI is InChI=1S/C26H26N4O2/c1-20-29-24-8-2-3-9-25(24)30(20)18-6-17-28-26(31)15-12-21-10-13-23(14-11-21)32-19-22-7-4-5-16-27-22/h2-5,7-16H,6,17-19H2,1H3,(H,28,31)/b15-12+. The molecule has 4 aromatic rings. The molecule has 0 spiro atoms. The summed E-state index contributed by atoms with van der Waals surface area (Å²) in [5.74, 6) is 1.65. The minimum Gasteiger partial charge on any atom is -0.487 e. The van der Waals surface area contributed by atoms with E-state index < -0.39 is 0 Å². The fraction of sp³-hybridized carbons (Fsp3) is 0.192. The predicted molar refractivity (Wildman–Crippen MR) is 126 cm³/mol. The van der Waals surface area contributed by atoms with E-state index in [0.29, 0.717) is 13.2 Å². The molecule has 6 heteroatoms. The smallest absolute Gasteiger partial charge is 0.244 e. The number of rotatable bonds is 9. The van der Waals surface area contributed by atoms with Gasteiger partial charge < -0.3 is 14.6 Å². The van der Waals surface area contributed by atoms with Gasteiger partial charge in [-0.15, -0.1) is 0 Å². The maximum Gasteiger partial charge on any atom is 0.244 e. The van der Waals surface area contributed by atoms with Crippen LogP contribution in [0.15, 0.2) is 79.0 Å². The Morgan fingerprint density at radius 3 is 2.69 bits per heavy atom. The molecule has 0 atom stereocenters. The van der Waals surface area contributed by atoms with Crippen molar-refractivity contribution in [3.8, 4) is 5.75 Å². The second kappa shape index (κ2) is 10.4. The third kappa shape index (κ3) is 5.60. The summed E-state index contributed by atoms with van der Waals surface area (Å²) in [5, 5.41) is 2.94. The van der Waals surface area contributed by atoms with Crippen LogP contribution in [-0.4, -0.2) is 27.0 Å². The van der Waals surface area contributed by atoms with E-state index in [0.717, 1.165) is 46.8 Å². The largest absolute Gasteiger partial charge is 0.487 e. The molecule has 0 radical (unpaired) electrons. The summed E-state index contributed by atoms with van der Waals surface area (Å²) in [7, 11) is 0. The molecule has 2 aromatic heterocycles. The highest BCUT2D eigenvalue weighted by Crippen LogP contribution is 2.16. The number of ether oxygens (including phenoxy) is 1. The van der Waals surface area contributed by atoms with E-state index in [1.54, 1.807) is 18.3 Å². The number of nitrogens with one attached hydrogen (secondary N) is 1. The summed E-state index contributed by atoms with van der Waals surface area (Å²) in [6, 6.07) is 21.5. The van der Waals surface area contributed by atoms with Crippen molar-refractivity contribution in [2.24, 2.45) is 0 Å². The van der Waals surface area contributed by atoms with E-state index in [2.05, 4.69) is 25.9 Å². The van der Waals surface area contributed by atoms with E-state index in [9.17, 15) is 4.79 Å². The second-order valence-corrected chi connectivity index (χ2v) is 7.46. The molecular weight excluding hydrogens is 400 g/mol. The fourth-order valence-electron chi connectivity index (χ4n) is 3.47. The topological polar surface area (TPSA) is 69.0 Å². The van der Waals surface area contributed by atoms with Crippen molar-refractivity contribution in [1.29, 1.82) is 0 Å². The Balaban J connectivity index is 1.21. The Labute approximate surface area is 187 Å². The van der Waals surface area contributed by atoms with Gasteiger partial charge in [-0.3, -0.25) is 9.78 Å². The van der Waals surface area contributed by atoms with Gasteiger partial charge in [-0.05, 0) is 61.4 Å². The molecule has 6 nitrogen and oxygen atoms in total. The van der Waals surface area contributed by atoms with Crippen LogP contribution in [-0.2, 0) is 17.9 Å². The SMILES string of the molecule is Cc1nc2ccccc2n1CCCNC(=O)/C=C/c1ccc(OCc2ccccn2)cc1. The molecular formula is C26H26N4O2. The molecule has 0 bridgehead atoms. The summed E-state index contributed by atoms with van der Waals surface area (Å²) < 4.78 is 7.92. The van der Waals surface area contributed by atoms with Gasteiger partial charge in [0.25, 0.3) is 0 Å². The van der Waals surface area contributed by atoms with Gasteiger partial charge in [-0.1, -0.05) is 30.3 Å². The predicted octanol–water partition coefficient (Wildman–Crippen LogP) is 4.54. The van der Waals surface area contributed by atoms with Crippen molar-refractivity contribution in [3.05, 3.63) is 96.1 Å². The average molecular weight is 427 g/mol. The lowest BCUT2D eigenvalue weighted by Gasteiger charge is -2.07. The molecule has 0 saturated heterocycles. The highest BCUT2D eigenvalue weighted by molar-refractivity contribution is 5.91. The third-order valence-electron chi connectivity index (χ3n) is 5.12. The third-order valence-corrected chi connectivity index (χ3v) is 5.12. The normalized spacial score (nSPS) is 11.2. The average Bonchev–Trinajstić information content (AvgIpc) is 3.15. The van der Waals surface area contributed by atoms with Crippen LogP contribution in [0.5, 0.6) is 5.75 Å². The maximum atomic E-state index is 12.1. The number of hydrogen-bond acceptors (Lipinski definition) is 4. The summed E-state index contributed by atoms with van der Waals surface area (Å²) in [5.41, 5.74) is 3.95. The van der Waals surface area contributed by atoms with Crippen LogP contribution >= 0.6 is 0 Å². The molecule has 0 fully saturated rings. The first-order valence-corrected chi connectivity index (χ1v) is 10.7. The minimum atomic E-state index is -0.104. The molecule has 1 N–H and O–H groups in total. The van der Waals surface area contributed by atoms with E-state index in [1.807, 2.05) is 67.6 Å². The number of pyridine rings is 1. The Morgan fingerprint density at radius 2 is 1.88 bits per heavy atom. The number of hydrogen-bond donors (Lipinski definition) is 1. The van der Waals surface area contributed by atoms with Gasteiger partial charge in [0.15, 0.2) is 0 Å². The minimum absolute atomic E-state index is 0.104. The number of imidazole rings is 1. The lowest BCUT2D eigenvalue weighted by atomic mass is 10.2. The van der Waals surface area contributed by atoms with Crippen LogP contribution < -0.4 is 10.1 Å². The van der Waals surface area contributed by atoms with Crippen LogP contribution in [0.25, 0.3) is 17.1 Å². The molecule has 4 rings (SSSR count). The lowest BCUT2D eigenvalue weighted by molar-refractivity contribution is -0.116. The maximum absolute atomic E-state index is 12.1. The molecule has 32 heavy (non-hydrogen) atoms. The number of nitrogens with zero attached hydrogens (tertiary/aromatic N) is 3. The number of carbonyl (C=O) groups is 1. The Bertz CT molecular complexity index is 1200. The molecule has 0 saturated carbocycles. The summed E-state index contributed by atoms with van der Waals surface area (Å²) >= 11 is 0. The first-order chi connectivity index (χ1) is 15.7. The highest BCUT2D eigenvalue weighted by Gasteiger charge is 2.06. The fourth-order valence-corrected chi connectivity index (χ4v) is 3.47. The highest BCUT2D eigenvalue weighted by atomic mass is 16.5. The monoisotopic (exact) mass is 426 g/mol. The van der Waals surface area contributed by atoms with Crippen LogP contribution in [0.2, 0.25) is 0 Å². The molecule has 2 heterocycles. The molecule has 1 amide bonds. The number of aryl methyl sites for hydroxylation is 2. The van der Waals surface area contributed by atoms with Crippen molar-refractivity contribution in [2.75, 3.05) is 6.54 Å². The van der Waals surface area contributed by atoms with Crippen LogP contribution in [0.3, 0.4) is 0 Å². The Morgan fingerprint density at radius 1 is 1.06 bits per heavy atom. The van der Waals surface area contributed by atoms with Crippen molar-refractivity contribution < 1.29 is 9.53 Å². The molecule has 0 aliphatic rings. The summed E-state index contributed by atoms with van der Waals surface area (Å²) in [6.45, 7) is 3.86. The Hall–Kier alpha value is -3.93. The zero-order valence-corrected chi connectivity index (χ0v) is 18.1. The first-order valence-electron chi connectivity index (χ1n) is 10.7. The number of amides is 1.